The number of amides is 1. The van der Waals surface area contributed by atoms with Crippen LogP contribution < -0.4 is 10.6 Å². The molecule has 2 aromatic rings. The van der Waals surface area contributed by atoms with Crippen molar-refractivity contribution in [1.29, 1.82) is 0 Å². The van der Waals surface area contributed by atoms with E-state index < -0.39 is 0 Å². The van der Waals surface area contributed by atoms with Crippen LogP contribution in [0.15, 0.2) is 28.8 Å². The maximum Gasteiger partial charge on any atom is 0.297 e. The Morgan fingerprint density at radius 1 is 1.40 bits per heavy atom. The molecule has 1 aliphatic heterocycles. The topological polar surface area (TPSA) is 80.0 Å². The molecule has 0 bridgehead atoms. The minimum absolute atomic E-state index is 0.0623. The van der Waals surface area contributed by atoms with E-state index in [1.165, 1.54) is 0 Å². The lowest BCUT2D eigenvalue weighted by Gasteiger charge is -2.02. The highest BCUT2D eigenvalue weighted by Crippen LogP contribution is 2.21. The zero-order chi connectivity index (χ0) is 13.9. The predicted octanol–water partition coefficient (Wildman–Crippen LogP) is 2.35. The molecule has 0 radical (unpaired) electrons. The standard InChI is InChI=1S/C13H13IN4O2/c14-8-3-5-9(6-4-8)16-12(19)11-17-13(20-18-11)10-2-1-7-15-10/h3-6,10,15H,1-2,7H2,(H,16,19). The Kier molecular flexibility index (Phi) is 3.97. The summed E-state index contributed by atoms with van der Waals surface area (Å²) >= 11 is 2.21. The van der Waals surface area contributed by atoms with Gasteiger partial charge in [0.2, 0.25) is 5.89 Å². The molecule has 1 aromatic carbocycles. The van der Waals surface area contributed by atoms with Crippen molar-refractivity contribution in [2.75, 3.05) is 11.9 Å². The van der Waals surface area contributed by atoms with Crippen LogP contribution in [0.3, 0.4) is 0 Å². The number of carbonyl (C=O) groups excluding carboxylic acids is 1. The summed E-state index contributed by atoms with van der Waals surface area (Å²) in [4.78, 5) is 16.2. The van der Waals surface area contributed by atoms with Crippen LogP contribution in [0.2, 0.25) is 0 Å². The van der Waals surface area contributed by atoms with Crippen LogP contribution in [0.5, 0.6) is 0 Å². The van der Waals surface area contributed by atoms with Gasteiger partial charge in [0.05, 0.1) is 6.04 Å². The Labute approximate surface area is 129 Å². The molecule has 2 N–H and O–H groups in total. The minimum atomic E-state index is -0.362. The first-order valence-electron chi connectivity index (χ1n) is 6.36. The third-order valence-electron chi connectivity index (χ3n) is 3.11. The summed E-state index contributed by atoms with van der Waals surface area (Å²) in [6, 6.07) is 7.57. The Morgan fingerprint density at radius 3 is 2.90 bits per heavy atom. The van der Waals surface area contributed by atoms with Crippen LogP contribution in [-0.2, 0) is 0 Å². The molecule has 20 heavy (non-hydrogen) atoms. The third kappa shape index (κ3) is 2.98. The molecule has 1 fully saturated rings. The summed E-state index contributed by atoms with van der Waals surface area (Å²) in [5.74, 6) is 0.182. The summed E-state index contributed by atoms with van der Waals surface area (Å²) in [6.45, 7) is 0.942. The van der Waals surface area contributed by atoms with Gasteiger partial charge in [-0.05, 0) is 66.2 Å². The second kappa shape index (κ2) is 5.88. The lowest BCUT2D eigenvalue weighted by molar-refractivity contribution is 0.101. The van der Waals surface area contributed by atoms with Crippen LogP contribution in [0, 0.1) is 3.57 Å². The molecule has 6 nitrogen and oxygen atoms in total. The van der Waals surface area contributed by atoms with Gasteiger partial charge in [0.25, 0.3) is 11.7 Å². The van der Waals surface area contributed by atoms with E-state index >= 15 is 0 Å². The van der Waals surface area contributed by atoms with Crippen molar-refractivity contribution in [3.8, 4) is 0 Å². The van der Waals surface area contributed by atoms with E-state index in [1.54, 1.807) is 0 Å². The molecule has 1 unspecified atom stereocenters. The maximum atomic E-state index is 12.0. The number of nitrogens with one attached hydrogen (secondary N) is 2. The zero-order valence-corrected chi connectivity index (χ0v) is 12.8. The van der Waals surface area contributed by atoms with Gasteiger partial charge in [-0.15, -0.1) is 0 Å². The van der Waals surface area contributed by atoms with E-state index in [-0.39, 0.29) is 17.8 Å². The molecule has 1 aliphatic rings. The van der Waals surface area contributed by atoms with E-state index in [2.05, 4.69) is 43.4 Å². The van der Waals surface area contributed by atoms with Crippen molar-refractivity contribution >= 4 is 34.2 Å². The highest BCUT2D eigenvalue weighted by molar-refractivity contribution is 14.1. The monoisotopic (exact) mass is 384 g/mol. The van der Waals surface area contributed by atoms with Crippen LogP contribution in [0.4, 0.5) is 5.69 Å². The summed E-state index contributed by atoms with van der Waals surface area (Å²) in [7, 11) is 0. The van der Waals surface area contributed by atoms with E-state index in [9.17, 15) is 4.79 Å². The fourth-order valence-corrected chi connectivity index (χ4v) is 2.44. The SMILES string of the molecule is O=C(Nc1ccc(I)cc1)c1noc(C2CCCN2)n1. The number of halogens is 1. The van der Waals surface area contributed by atoms with Crippen LogP contribution in [0.25, 0.3) is 0 Å². The van der Waals surface area contributed by atoms with Gasteiger partial charge >= 0.3 is 0 Å². The molecule has 7 heteroatoms. The lowest BCUT2D eigenvalue weighted by atomic mass is 10.2. The average Bonchev–Trinajstić information content (AvgIpc) is 3.11. The normalized spacial score (nSPS) is 18.1. The van der Waals surface area contributed by atoms with Crippen LogP contribution in [0.1, 0.15) is 35.4 Å². The molecular formula is C13H13IN4O2. The first kappa shape index (κ1) is 13.5. The number of hydrogen-bond acceptors (Lipinski definition) is 5. The fraction of sp³-hybridized carbons (Fsp3) is 0.308. The van der Waals surface area contributed by atoms with Gasteiger partial charge in [-0.2, -0.15) is 4.98 Å². The number of benzene rings is 1. The highest BCUT2D eigenvalue weighted by Gasteiger charge is 2.24. The van der Waals surface area contributed by atoms with Gasteiger partial charge in [-0.3, -0.25) is 4.79 Å². The van der Waals surface area contributed by atoms with E-state index in [4.69, 9.17) is 4.52 Å². The van der Waals surface area contributed by atoms with Gasteiger partial charge in [0.1, 0.15) is 0 Å². The van der Waals surface area contributed by atoms with Crippen molar-refractivity contribution in [1.82, 2.24) is 15.5 Å². The second-order valence-corrected chi connectivity index (χ2v) is 5.81. The number of anilines is 1. The second-order valence-electron chi connectivity index (χ2n) is 4.57. The van der Waals surface area contributed by atoms with Crippen LogP contribution in [-0.4, -0.2) is 22.6 Å². The molecule has 104 valence electrons. The number of rotatable bonds is 3. The summed E-state index contributed by atoms with van der Waals surface area (Å²) in [5.41, 5.74) is 0.709. The van der Waals surface area contributed by atoms with Gasteiger partial charge in [-0.1, -0.05) is 5.16 Å². The number of aromatic nitrogens is 2. The Bertz CT molecular complexity index is 605. The van der Waals surface area contributed by atoms with Gasteiger partial charge < -0.3 is 15.2 Å². The molecule has 1 atom stereocenters. The molecule has 1 saturated heterocycles. The minimum Gasteiger partial charge on any atom is -0.337 e. The molecule has 2 heterocycles. The Hall–Kier alpha value is -1.48. The molecule has 0 spiro atoms. The van der Waals surface area contributed by atoms with Gasteiger partial charge in [-0.25, -0.2) is 0 Å². The molecule has 0 aliphatic carbocycles. The molecule has 3 rings (SSSR count). The van der Waals surface area contributed by atoms with Gasteiger partial charge in [0.15, 0.2) is 0 Å². The first-order valence-corrected chi connectivity index (χ1v) is 7.44. The highest BCUT2D eigenvalue weighted by atomic mass is 127. The lowest BCUT2D eigenvalue weighted by Crippen LogP contribution is -2.15. The molecule has 1 amide bonds. The quantitative estimate of drug-likeness (QED) is 0.795. The molecule has 1 aromatic heterocycles. The van der Waals surface area contributed by atoms with Crippen molar-refractivity contribution < 1.29 is 9.32 Å². The number of hydrogen-bond donors (Lipinski definition) is 2. The van der Waals surface area contributed by atoms with Crippen molar-refractivity contribution in [3.63, 3.8) is 0 Å². The van der Waals surface area contributed by atoms with Crippen molar-refractivity contribution in [3.05, 3.63) is 39.6 Å². The number of carbonyl (C=O) groups is 1. The van der Waals surface area contributed by atoms with Crippen molar-refractivity contribution in [2.45, 2.75) is 18.9 Å². The zero-order valence-electron chi connectivity index (χ0n) is 10.6. The third-order valence-corrected chi connectivity index (χ3v) is 3.82. The average molecular weight is 384 g/mol. The largest absolute Gasteiger partial charge is 0.337 e. The van der Waals surface area contributed by atoms with Crippen LogP contribution >= 0.6 is 22.6 Å². The molecular weight excluding hydrogens is 371 g/mol. The van der Waals surface area contributed by atoms with E-state index in [0.717, 1.165) is 23.0 Å². The summed E-state index contributed by atoms with van der Waals surface area (Å²) < 4.78 is 6.25. The smallest absolute Gasteiger partial charge is 0.297 e. The summed E-state index contributed by atoms with van der Waals surface area (Å²) in [6.07, 6.45) is 2.04. The molecule has 0 saturated carbocycles. The Balaban J connectivity index is 1.69. The Morgan fingerprint density at radius 2 is 2.20 bits per heavy atom. The summed E-state index contributed by atoms with van der Waals surface area (Å²) in [5, 5.41) is 9.73. The van der Waals surface area contributed by atoms with E-state index in [1.807, 2.05) is 24.3 Å². The predicted molar refractivity (Wildman–Crippen MR) is 81.4 cm³/mol. The number of nitrogens with zero attached hydrogens (tertiary/aromatic N) is 2. The van der Waals surface area contributed by atoms with Crippen molar-refractivity contribution in [2.24, 2.45) is 0 Å². The maximum absolute atomic E-state index is 12.0. The van der Waals surface area contributed by atoms with E-state index in [0.29, 0.717) is 11.6 Å². The first-order chi connectivity index (χ1) is 9.72. The van der Waals surface area contributed by atoms with Gasteiger partial charge in [0, 0.05) is 9.26 Å². The fourth-order valence-electron chi connectivity index (χ4n) is 2.08.